The number of fused-ring (bicyclic) bond motifs is 1. The van der Waals surface area contributed by atoms with Gasteiger partial charge in [0.25, 0.3) is 0 Å². The molecule has 0 saturated heterocycles. The lowest BCUT2D eigenvalue weighted by atomic mass is 9.96. The van der Waals surface area contributed by atoms with Crippen LogP contribution in [0.2, 0.25) is 0 Å². The molecule has 0 saturated carbocycles. The van der Waals surface area contributed by atoms with Crippen LogP contribution in [0, 0.1) is 5.82 Å². The van der Waals surface area contributed by atoms with Gasteiger partial charge in [0.1, 0.15) is 11.6 Å². The molecule has 27 heavy (non-hydrogen) atoms. The summed E-state index contributed by atoms with van der Waals surface area (Å²) in [5.41, 5.74) is 1.08. The van der Waals surface area contributed by atoms with Gasteiger partial charge in [0, 0.05) is 19.4 Å². The highest BCUT2D eigenvalue weighted by Gasteiger charge is 2.37. The summed E-state index contributed by atoms with van der Waals surface area (Å²) in [7, 11) is 0. The van der Waals surface area contributed by atoms with Crippen LogP contribution in [0.4, 0.5) is 10.1 Å². The fraction of sp³-hybridized carbons (Fsp3) is 0.200. The Hall–Kier alpha value is -3.35. The number of benzene rings is 2. The van der Waals surface area contributed by atoms with Gasteiger partial charge in [-0.1, -0.05) is 42.5 Å². The molecule has 1 atom stereocenters. The molecule has 1 aliphatic heterocycles. The number of aromatic nitrogens is 3. The smallest absolute Gasteiger partial charge is 0.242 e. The first kappa shape index (κ1) is 17.1. The maximum atomic E-state index is 13.8. The van der Waals surface area contributed by atoms with Crippen LogP contribution in [0.25, 0.3) is 0 Å². The highest BCUT2D eigenvalue weighted by Crippen LogP contribution is 2.25. The molecule has 7 heteroatoms. The minimum absolute atomic E-state index is 0.0384. The number of nitrogens with zero attached hydrogens (tertiary/aromatic N) is 3. The number of nitrogens with one attached hydrogen (secondary N) is 1. The van der Waals surface area contributed by atoms with Crippen molar-refractivity contribution in [3.8, 4) is 0 Å². The van der Waals surface area contributed by atoms with E-state index in [4.69, 9.17) is 0 Å². The highest BCUT2D eigenvalue weighted by molar-refractivity contribution is 6.11. The van der Waals surface area contributed by atoms with Gasteiger partial charge in [-0.3, -0.25) is 9.59 Å². The molecule has 4 rings (SSSR count). The molecule has 0 fully saturated rings. The Labute approximate surface area is 155 Å². The summed E-state index contributed by atoms with van der Waals surface area (Å²) in [4.78, 5) is 29.5. The Morgan fingerprint density at radius 3 is 2.67 bits per heavy atom. The fourth-order valence-corrected chi connectivity index (χ4v) is 3.17. The molecule has 1 amide bonds. The quantitative estimate of drug-likeness (QED) is 0.722. The zero-order valence-electron chi connectivity index (χ0n) is 14.4. The minimum atomic E-state index is -1.09. The van der Waals surface area contributed by atoms with Crippen LogP contribution < -0.4 is 5.32 Å². The first-order chi connectivity index (χ1) is 13.1. The molecule has 1 aliphatic rings. The van der Waals surface area contributed by atoms with E-state index in [0.717, 1.165) is 5.56 Å². The van der Waals surface area contributed by atoms with Crippen molar-refractivity contribution in [3.63, 3.8) is 0 Å². The number of hydrogen-bond acceptors (Lipinski definition) is 4. The second-order valence-electron chi connectivity index (χ2n) is 6.39. The lowest BCUT2D eigenvalue weighted by Gasteiger charge is -2.20. The van der Waals surface area contributed by atoms with Gasteiger partial charge in [0.15, 0.2) is 17.5 Å². The van der Waals surface area contributed by atoms with E-state index in [0.29, 0.717) is 24.6 Å². The standard InChI is InChI=1S/C20H17FN4O2/c21-14-8-4-5-9-15(14)22-20(27)18-16(26)10-11-25-19(18)23-17(24-25)12-13-6-2-1-3-7-13/h1-9,18H,10-12H2,(H,22,27). The number of carbonyl (C=O) groups excluding carboxylic acids is 2. The average Bonchev–Trinajstić information content (AvgIpc) is 3.06. The summed E-state index contributed by atoms with van der Waals surface area (Å²) in [5.74, 6) is -1.61. The van der Waals surface area contributed by atoms with Gasteiger partial charge in [-0.15, -0.1) is 0 Å². The Balaban J connectivity index is 1.60. The molecular formula is C20H17FN4O2. The van der Waals surface area contributed by atoms with Gasteiger partial charge in [-0.2, -0.15) is 5.10 Å². The van der Waals surface area contributed by atoms with Crippen LogP contribution in [-0.4, -0.2) is 26.5 Å². The Kier molecular flexibility index (Phi) is 4.50. The van der Waals surface area contributed by atoms with Crippen molar-refractivity contribution in [2.45, 2.75) is 25.3 Å². The van der Waals surface area contributed by atoms with Crippen LogP contribution >= 0.6 is 0 Å². The van der Waals surface area contributed by atoms with Crippen molar-refractivity contribution in [3.05, 3.63) is 77.6 Å². The molecule has 6 nitrogen and oxygen atoms in total. The summed E-state index contributed by atoms with van der Waals surface area (Å²) >= 11 is 0. The molecule has 0 spiro atoms. The Morgan fingerprint density at radius 2 is 1.89 bits per heavy atom. The second-order valence-corrected chi connectivity index (χ2v) is 6.39. The van der Waals surface area contributed by atoms with Crippen molar-refractivity contribution in [2.75, 3.05) is 5.32 Å². The van der Waals surface area contributed by atoms with Crippen LogP contribution in [0.15, 0.2) is 54.6 Å². The van der Waals surface area contributed by atoms with E-state index in [1.165, 1.54) is 18.2 Å². The molecule has 0 bridgehead atoms. The lowest BCUT2D eigenvalue weighted by molar-refractivity contribution is -0.129. The highest BCUT2D eigenvalue weighted by atomic mass is 19.1. The molecule has 136 valence electrons. The molecule has 1 aromatic heterocycles. The van der Waals surface area contributed by atoms with Crippen molar-refractivity contribution in [1.82, 2.24) is 14.8 Å². The second kappa shape index (κ2) is 7.11. The van der Waals surface area contributed by atoms with Gasteiger partial charge in [0.05, 0.1) is 5.69 Å². The third-order valence-corrected chi connectivity index (χ3v) is 4.49. The summed E-state index contributed by atoms with van der Waals surface area (Å²) < 4.78 is 15.4. The topological polar surface area (TPSA) is 76.9 Å². The summed E-state index contributed by atoms with van der Waals surface area (Å²) in [6, 6.07) is 15.6. The van der Waals surface area contributed by atoms with E-state index >= 15 is 0 Å². The first-order valence-electron chi connectivity index (χ1n) is 8.67. The maximum absolute atomic E-state index is 13.8. The SMILES string of the molecule is O=C1CCn2nc(Cc3ccccc3)nc2C1C(=O)Nc1ccccc1F. The summed E-state index contributed by atoms with van der Waals surface area (Å²) in [6.45, 7) is 0.388. The van der Waals surface area contributed by atoms with Crippen molar-refractivity contribution >= 4 is 17.4 Å². The Bertz CT molecular complexity index is 1000. The normalized spacial score (nSPS) is 16.0. The molecule has 0 radical (unpaired) electrons. The number of halogens is 1. The Morgan fingerprint density at radius 1 is 1.15 bits per heavy atom. The maximum Gasteiger partial charge on any atom is 0.242 e. The third-order valence-electron chi connectivity index (χ3n) is 4.49. The largest absolute Gasteiger partial charge is 0.323 e. The number of para-hydroxylation sites is 1. The van der Waals surface area contributed by atoms with Gasteiger partial charge in [0.2, 0.25) is 5.91 Å². The average molecular weight is 364 g/mol. The van der Waals surface area contributed by atoms with E-state index < -0.39 is 17.6 Å². The van der Waals surface area contributed by atoms with Crippen LogP contribution in [-0.2, 0) is 22.6 Å². The predicted molar refractivity (Wildman–Crippen MR) is 96.7 cm³/mol. The molecule has 2 heterocycles. The third kappa shape index (κ3) is 3.48. The summed E-state index contributed by atoms with van der Waals surface area (Å²) in [5, 5.41) is 6.93. The number of anilines is 1. The van der Waals surface area contributed by atoms with Gasteiger partial charge < -0.3 is 5.32 Å². The van der Waals surface area contributed by atoms with Gasteiger partial charge in [-0.05, 0) is 17.7 Å². The van der Waals surface area contributed by atoms with Gasteiger partial charge >= 0.3 is 0 Å². The van der Waals surface area contributed by atoms with Crippen molar-refractivity contribution < 1.29 is 14.0 Å². The zero-order valence-corrected chi connectivity index (χ0v) is 14.4. The molecule has 3 aromatic rings. The zero-order chi connectivity index (χ0) is 18.8. The van der Waals surface area contributed by atoms with E-state index in [9.17, 15) is 14.0 Å². The number of rotatable bonds is 4. The molecule has 1 unspecified atom stereocenters. The molecule has 0 aliphatic carbocycles. The van der Waals surface area contributed by atoms with Crippen molar-refractivity contribution in [2.24, 2.45) is 0 Å². The first-order valence-corrected chi connectivity index (χ1v) is 8.67. The number of aryl methyl sites for hydroxylation is 1. The van der Waals surface area contributed by atoms with E-state index in [1.54, 1.807) is 10.7 Å². The predicted octanol–water partition coefficient (Wildman–Crippen LogP) is 2.70. The molecule has 1 N–H and O–H groups in total. The van der Waals surface area contributed by atoms with Crippen LogP contribution in [0.1, 0.15) is 29.6 Å². The number of ketones is 1. The summed E-state index contributed by atoms with van der Waals surface area (Å²) in [6.07, 6.45) is 0.702. The number of carbonyl (C=O) groups is 2. The fourth-order valence-electron chi connectivity index (χ4n) is 3.17. The van der Waals surface area contributed by atoms with Crippen LogP contribution in [0.3, 0.4) is 0 Å². The van der Waals surface area contributed by atoms with E-state index in [-0.39, 0.29) is 17.9 Å². The number of amides is 1. The molecular weight excluding hydrogens is 347 g/mol. The van der Waals surface area contributed by atoms with Crippen LogP contribution in [0.5, 0.6) is 0 Å². The van der Waals surface area contributed by atoms with Gasteiger partial charge in [-0.25, -0.2) is 14.1 Å². The monoisotopic (exact) mass is 364 g/mol. The molecule has 2 aromatic carbocycles. The van der Waals surface area contributed by atoms with E-state index in [2.05, 4.69) is 15.4 Å². The van der Waals surface area contributed by atoms with Crippen molar-refractivity contribution in [1.29, 1.82) is 0 Å². The number of Topliss-reactive ketones (excluding diaryl/α,β-unsaturated/α-hetero) is 1. The minimum Gasteiger partial charge on any atom is -0.323 e. The van der Waals surface area contributed by atoms with E-state index in [1.807, 2.05) is 30.3 Å². The lowest BCUT2D eigenvalue weighted by Crippen LogP contribution is -2.34. The number of hydrogen-bond donors (Lipinski definition) is 1.